The lowest BCUT2D eigenvalue weighted by atomic mass is 10.0. The molecule has 1 aliphatic rings. The zero-order chi connectivity index (χ0) is 16.2. The summed E-state index contributed by atoms with van der Waals surface area (Å²) in [6.07, 6.45) is 6.77. The second-order valence-electron chi connectivity index (χ2n) is 5.82. The fourth-order valence-electron chi connectivity index (χ4n) is 3.00. The number of hydrogen-bond acceptors (Lipinski definition) is 1. The van der Waals surface area contributed by atoms with E-state index < -0.39 is 0 Å². The highest BCUT2D eigenvalue weighted by molar-refractivity contribution is 5.88. The SMILES string of the molecule is C1=CC(=C(c2ccccc2)c2ccc(Cc3ccccc3)[nH]2)N=C1. The summed E-state index contributed by atoms with van der Waals surface area (Å²) < 4.78 is 0. The van der Waals surface area contributed by atoms with Crippen molar-refractivity contribution in [2.45, 2.75) is 6.42 Å². The number of hydrogen-bond donors (Lipinski definition) is 1. The Kier molecular flexibility index (Phi) is 3.95. The molecule has 0 aliphatic carbocycles. The number of allylic oxidation sites excluding steroid dienone is 2. The van der Waals surface area contributed by atoms with Gasteiger partial charge in [-0.05, 0) is 35.4 Å². The largest absolute Gasteiger partial charge is 0.358 e. The number of benzene rings is 2. The van der Waals surface area contributed by atoms with Gasteiger partial charge in [-0.1, -0.05) is 60.7 Å². The Morgan fingerprint density at radius 3 is 2.29 bits per heavy atom. The maximum Gasteiger partial charge on any atom is 0.0729 e. The maximum atomic E-state index is 4.51. The van der Waals surface area contributed by atoms with E-state index in [0.717, 1.165) is 23.4 Å². The molecule has 2 heteroatoms. The van der Waals surface area contributed by atoms with Gasteiger partial charge in [-0.25, -0.2) is 0 Å². The van der Waals surface area contributed by atoms with E-state index in [9.17, 15) is 0 Å². The number of nitrogens with one attached hydrogen (secondary N) is 1. The van der Waals surface area contributed by atoms with Crippen LogP contribution in [0.4, 0.5) is 0 Å². The molecule has 116 valence electrons. The van der Waals surface area contributed by atoms with Crippen molar-refractivity contribution in [3.05, 3.63) is 113 Å². The Labute approximate surface area is 141 Å². The van der Waals surface area contributed by atoms with Gasteiger partial charge in [-0.2, -0.15) is 0 Å². The molecule has 1 aliphatic heterocycles. The van der Waals surface area contributed by atoms with Crippen LogP contribution in [0.15, 0.2) is 95.6 Å². The molecule has 0 atom stereocenters. The van der Waals surface area contributed by atoms with Crippen LogP contribution >= 0.6 is 0 Å². The molecule has 0 fully saturated rings. The van der Waals surface area contributed by atoms with E-state index >= 15 is 0 Å². The van der Waals surface area contributed by atoms with Gasteiger partial charge in [0.25, 0.3) is 0 Å². The second kappa shape index (κ2) is 6.55. The second-order valence-corrected chi connectivity index (χ2v) is 5.82. The molecule has 0 unspecified atom stereocenters. The fraction of sp³-hybridized carbons (Fsp3) is 0.0455. The lowest BCUT2D eigenvalue weighted by Gasteiger charge is -2.08. The highest BCUT2D eigenvalue weighted by Crippen LogP contribution is 2.29. The average Bonchev–Trinajstić information content (AvgIpc) is 3.30. The summed E-state index contributed by atoms with van der Waals surface area (Å²) in [5, 5.41) is 0. The minimum Gasteiger partial charge on any atom is -0.358 e. The third kappa shape index (κ3) is 2.99. The van der Waals surface area contributed by atoms with Gasteiger partial charge in [0.05, 0.1) is 5.70 Å². The van der Waals surface area contributed by atoms with Gasteiger partial charge in [0.15, 0.2) is 0 Å². The Balaban J connectivity index is 1.72. The van der Waals surface area contributed by atoms with Crippen LogP contribution in [-0.4, -0.2) is 11.2 Å². The minimum atomic E-state index is 0.900. The zero-order valence-corrected chi connectivity index (χ0v) is 13.3. The first-order valence-corrected chi connectivity index (χ1v) is 8.13. The zero-order valence-electron chi connectivity index (χ0n) is 13.3. The molecule has 24 heavy (non-hydrogen) atoms. The molecule has 0 bridgehead atoms. The lowest BCUT2D eigenvalue weighted by Crippen LogP contribution is -1.93. The summed E-state index contributed by atoms with van der Waals surface area (Å²) in [5.41, 5.74) is 6.92. The normalized spacial score (nSPS) is 15.0. The van der Waals surface area contributed by atoms with Crippen LogP contribution in [-0.2, 0) is 6.42 Å². The first kappa shape index (κ1) is 14.5. The van der Waals surface area contributed by atoms with Crippen molar-refractivity contribution in [2.24, 2.45) is 4.99 Å². The van der Waals surface area contributed by atoms with Crippen LogP contribution in [0.25, 0.3) is 5.57 Å². The fourth-order valence-corrected chi connectivity index (χ4v) is 3.00. The summed E-state index contributed by atoms with van der Waals surface area (Å²) in [6, 6.07) is 25.2. The van der Waals surface area contributed by atoms with Gasteiger partial charge < -0.3 is 4.98 Å². The summed E-state index contributed by atoms with van der Waals surface area (Å²) >= 11 is 0. The van der Waals surface area contributed by atoms with Crippen LogP contribution in [0.3, 0.4) is 0 Å². The van der Waals surface area contributed by atoms with Crippen molar-refractivity contribution >= 4 is 11.8 Å². The summed E-state index contributed by atoms with van der Waals surface area (Å²) in [4.78, 5) is 8.08. The lowest BCUT2D eigenvalue weighted by molar-refractivity contribution is 1.10. The van der Waals surface area contributed by atoms with Crippen LogP contribution in [0.2, 0.25) is 0 Å². The number of H-pyrrole nitrogens is 1. The van der Waals surface area contributed by atoms with Crippen molar-refractivity contribution in [1.29, 1.82) is 0 Å². The van der Waals surface area contributed by atoms with Crippen LogP contribution in [0.1, 0.15) is 22.5 Å². The summed E-state index contributed by atoms with van der Waals surface area (Å²) in [6.45, 7) is 0. The highest BCUT2D eigenvalue weighted by atomic mass is 14.8. The van der Waals surface area contributed by atoms with Gasteiger partial charge in [-0.3, -0.25) is 4.99 Å². The summed E-state index contributed by atoms with van der Waals surface area (Å²) in [7, 11) is 0. The molecular formula is C22H18N2. The molecule has 0 saturated carbocycles. The Morgan fingerprint density at radius 2 is 1.58 bits per heavy atom. The average molecular weight is 310 g/mol. The monoisotopic (exact) mass is 310 g/mol. The number of aromatic nitrogens is 1. The van der Waals surface area contributed by atoms with Gasteiger partial charge in [0.2, 0.25) is 0 Å². The predicted octanol–water partition coefficient (Wildman–Crippen LogP) is 5.01. The van der Waals surface area contributed by atoms with E-state index in [4.69, 9.17) is 0 Å². The molecular weight excluding hydrogens is 292 g/mol. The molecule has 4 rings (SSSR count). The Bertz CT molecular complexity index is 899. The molecule has 0 amide bonds. The van der Waals surface area contributed by atoms with Crippen molar-refractivity contribution in [3.8, 4) is 0 Å². The third-order valence-electron chi connectivity index (χ3n) is 4.13. The molecule has 1 aromatic heterocycles. The molecule has 2 nitrogen and oxygen atoms in total. The van der Waals surface area contributed by atoms with Crippen LogP contribution in [0.5, 0.6) is 0 Å². The molecule has 2 aromatic carbocycles. The van der Waals surface area contributed by atoms with E-state index in [1.165, 1.54) is 16.8 Å². The predicted molar refractivity (Wildman–Crippen MR) is 100 cm³/mol. The van der Waals surface area contributed by atoms with Gasteiger partial charge in [-0.15, -0.1) is 0 Å². The van der Waals surface area contributed by atoms with Crippen molar-refractivity contribution in [1.82, 2.24) is 4.98 Å². The smallest absolute Gasteiger partial charge is 0.0729 e. The number of rotatable bonds is 4. The van der Waals surface area contributed by atoms with Crippen LogP contribution in [0, 0.1) is 0 Å². The van der Waals surface area contributed by atoms with E-state index in [2.05, 4.69) is 76.7 Å². The molecule has 2 heterocycles. The first-order valence-electron chi connectivity index (χ1n) is 8.13. The van der Waals surface area contributed by atoms with Crippen molar-refractivity contribution in [3.63, 3.8) is 0 Å². The number of nitrogens with zero attached hydrogens (tertiary/aromatic N) is 1. The molecule has 0 saturated heterocycles. The standard InChI is InChI=1S/C22H18N2/c1-3-8-17(9-4-1)16-19-13-14-21(24-19)22(20-12-7-15-23-20)18-10-5-2-6-11-18/h1-15,24H,16H2. The quantitative estimate of drug-likeness (QED) is 0.702. The topological polar surface area (TPSA) is 28.1 Å². The van der Waals surface area contributed by atoms with Crippen molar-refractivity contribution < 1.29 is 0 Å². The Hall–Kier alpha value is -3.13. The number of aliphatic imine (C=N–C) groups is 1. The Morgan fingerprint density at radius 1 is 0.833 bits per heavy atom. The van der Waals surface area contributed by atoms with E-state index in [1.807, 2.05) is 24.4 Å². The molecule has 1 N–H and O–H groups in total. The van der Waals surface area contributed by atoms with Crippen LogP contribution < -0.4 is 0 Å². The van der Waals surface area contributed by atoms with Crippen molar-refractivity contribution in [2.75, 3.05) is 0 Å². The first-order chi connectivity index (χ1) is 11.9. The highest BCUT2D eigenvalue weighted by Gasteiger charge is 2.13. The van der Waals surface area contributed by atoms with E-state index in [0.29, 0.717) is 0 Å². The molecule has 0 spiro atoms. The van der Waals surface area contributed by atoms with Gasteiger partial charge >= 0.3 is 0 Å². The van der Waals surface area contributed by atoms with Gasteiger partial charge in [0.1, 0.15) is 0 Å². The van der Waals surface area contributed by atoms with E-state index in [-0.39, 0.29) is 0 Å². The summed E-state index contributed by atoms with van der Waals surface area (Å²) in [5.74, 6) is 0. The third-order valence-corrected chi connectivity index (χ3v) is 4.13. The minimum absolute atomic E-state index is 0.900. The molecule has 3 aromatic rings. The van der Waals surface area contributed by atoms with Gasteiger partial charge in [0, 0.05) is 29.6 Å². The maximum absolute atomic E-state index is 4.51. The molecule has 0 radical (unpaired) electrons. The number of aromatic amines is 1. The van der Waals surface area contributed by atoms with E-state index in [1.54, 1.807) is 0 Å².